The van der Waals surface area contributed by atoms with Crippen molar-refractivity contribution in [3.05, 3.63) is 6.92 Å². The zero-order valence-corrected chi connectivity index (χ0v) is 7.71. The van der Waals surface area contributed by atoms with Crippen molar-refractivity contribution >= 4 is 6.29 Å². The van der Waals surface area contributed by atoms with Crippen molar-refractivity contribution in [1.82, 2.24) is 4.90 Å². The Morgan fingerprint density at radius 3 is 2.36 bits per heavy atom. The molecule has 0 aromatic heterocycles. The molecule has 0 fully saturated rings. The summed E-state index contributed by atoms with van der Waals surface area (Å²) in [5, 5.41) is 0. The van der Waals surface area contributed by atoms with E-state index in [1.54, 1.807) is 0 Å². The zero-order valence-electron chi connectivity index (χ0n) is 7.71. The molecular formula is C9H18NO. The van der Waals surface area contributed by atoms with Gasteiger partial charge in [0.1, 0.15) is 6.29 Å². The lowest BCUT2D eigenvalue weighted by Crippen LogP contribution is -2.40. The number of carbonyl (C=O) groups is 1. The van der Waals surface area contributed by atoms with Gasteiger partial charge in [-0.25, -0.2) is 0 Å². The van der Waals surface area contributed by atoms with Crippen LogP contribution in [0.2, 0.25) is 0 Å². The van der Waals surface area contributed by atoms with E-state index in [1.165, 1.54) is 0 Å². The van der Waals surface area contributed by atoms with E-state index in [9.17, 15) is 4.79 Å². The fourth-order valence-electron chi connectivity index (χ4n) is 1.19. The number of hydrogen-bond donors (Lipinski definition) is 0. The van der Waals surface area contributed by atoms with Crippen molar-refractivity contribution in [3.63, 3.8) is 0 Å². The Morgan fingerprint density at radius 1 is 1.55 bits per heavy atom. The largest absolute Gasteiger partial charge is 0.302 e. The van der Waals surface area contributed by atoms with E-state index < -0.39 is 0 Å². The van der Waals surface area contributed by atoms with Crippen LogP contribution < -0.4 is 0 Å². The summed E-state index contributed by atoms with van der Waals surface area (Å²) in [6.07, 6.45) is 1.96. The quantitative estimate of drug-likeness (QED) is 0.562. The van der Waals surface area contributed by atoms with E-state index in [0.717, 1.165) is 19.3 Å². The Hall–Kier alpha value is -0.370. The van der Waals surface area contributed by atoms with E-state index in [-0.39, 0.29) is 6.04 Å². The van der Waals surface area contributed by atoms with Crippen LogP contribution in [0.25, 0.3) is 0 Å². The third-order valence-electron chi connectivity index (χ3n) is 2.11. The third-order valence-corrected chi connectivity index (χ3v) is 2.11. The van der Waals surface area contributed by atoms with Gasteiger partial charge in [0.2, 0.25) is 0 Å². The first-order valence-corrected chi connectivity index (χ1v) is 4.21. The predicted octanol–water partition coefficient (Wildman–Crippen LogP) is 1.51. The highest BCUT2D eigenvalue weighted by Gasteiger charge is 2.15. The van der Waals surface area contributed by atoms with Crippen molar-refractivity contribution < 1.29 is 4.79 Å². The van der Waals surface area contributed by atoms with Crippen LogP contribution in [0.4, 0.5) is 0 Å². The van der Waals surface area contributed by atoms with Gasteiger partial charge in [-0.1, -0.05) is 13.8 Å². The second kappa shape index (κ2) is 5.30. The predicted molar refractivity (Wildman–Crippen MR) is 47.3 cm³/mol. The molecule has 65 valence electrons. The number of aldehydes is 1. The highest BCUT2D eigenvalue weighted by Crippen LogP contribution is 2.05. The van der Waals surface area contributed by atoms with E-state index in [2.05, 4.69) is 25.7 Å². The smallest absolute Gasteiger partial charge is 0.137 e. The Labute approximate surface area is 69.6 Å². The van der Waals surface area contributed by atoms with Crippen LogP contribution >= 0.6 is 0 Å². The molecule has 0 saturated carbocycles. The Kier molecular flexibility index (Phi) is 5.12. The molecule has 2 nitrogen and oxygen atoms in total. The Balaban J connectivity index is 4.02. The third kappa shape index (κ3) is 3.02. The molecule has 2 atom stereocenters. The maximum Gasteiger partial charge on any atom is 0.137 e. The van der Waals surface area contributed by atoms with Crippen LogP contribution in [0.3, 0.4) is 0 Å². The second-order valence-corrected chi connectivity index (χ2v) is 2.79. The first kappa shape index (κ1) is 10.6. The molecule has 0 amide bonds. The molecule has 11 heavy (non-hydrogen) atoms. The van der Waals surface area contributed by atoms with E-state index in [0.29, 0.717) is 6.04 Å². The average molecular weight is 156 g/mol. The molecule has 0 heterocycles. The zero-order chi connectivity index (χ0) is 8.85. The molecule has 0 aromatic rings. The van der Waals surface area contributed by atoms with E-state index in [4.69, 9.17) is 0 Å². The topological polar surface area (TPSA) is 20.3 Å². The SMILES string of the molecule is [CH2]C(C=O)N(CC)C(C)CC. The number of nitrogens with zero attached hydrogens (tertiary/aromatic N) is 1. The van der Waals surface area contributed by atoms with Crippen LogP contribution in [-0.4, -0.2) is 29.8 Å². The summed E-state index contributed by atoms with van der Waals surface area (Å²) >= 11 is 0. The van der Waals surface area contributed by atoms with Crippen molar-refractivity contribution in [2.24, 2.45) is 0 Å². The second-order valence-electron chi connectivity index (χ2n) is 2.79. The molecule has 1 radical (unpaired) electrons. The minimum Gasteiger partial charge on any atom is -0.302 e. The minimum absolute atomic E-state index is 0.185. The maximum atomic E-state index is 10.4. The molecule has 0 aliphatic carbocycles. The fourth-order valence-corrected chi connectivity index (χ4v) is 1.19. The summed E-state index contributed by atoms with van der Waals surface area (Å²) in [7, 11) is 0. The van der Waals surface area contributed by atoms with Gasteiger partial charge in [-0.2, -0.15) is 0 Å². The van der Waals surface area contributed by atoms with Gasteiger partial charge in [0.15, 0.2) is 0 Å². The summed E-state index contributed by atoms with van der Waals surface area (Å²) in [4.78, 5) is 12.5. The lowest BCUT2D eigenvalue weighted by atomic mass is 10.2. The maximum absolute atomic E-state index is 10.4. The summed E-state index contributed by atoms with van der Waals surface area (Å²) < 4.78 is 0. The van der Waals surface area contributed by atoms with Crippen molar-refractivity contribution in [2.45, 2.75) is 39.3 Å². The van der Waals surface area contributed by atoms with Crippen molar-refractivity contribution in [2.75, 3.05) is 6.54 Å². The molecule has 0 N–H and O–H groups in total. The van der Waals surface area contributed by atoms with Gasteiger partial charge in [0.25, 0.3) is 0 Å². The highest BCUT2D eigenvalue weighted by atomic mass is 16.1. The number of rotatable bonds is 5. The molecule has 0 bridgehead atoms. The summed E-state index contributed by atoms with van der Waals surface area (Å²) in [5.41, 5.74) is 0. The van der Waals surface area contributed by atoms with Crippen LogP contribution in [0, 0.1) is 6.92 Å². The molecule has 0 rings (SSSR count). The van der Waals surface area contributed by atoms with Crippen LogP contribution in [0.5, 0.6) is 0 Å². The van der Waals surface area contributed by atoms with Gasteiger partial charge in [-0.3, -0.25) is 4.90 Å². The molecule has 0 saturated heterocycles. The minimum atomic E-state index is -0.185. The monoisotopic (exact) mass is 156 g/mol. The number of hydrogen-bond acceptors (Lipinski definition) is 2. The van der Waals surface area contributed by atoms with Crippen molar-refractivity contribution in [1.29, 1.82) is 0 Å². The Bertz CT molecular complexity index is 114. The van der Waals surface area contributed by atoms with Gasteiger partial charge >= 0.3 is 0 Å². The van der Waals surface area contributed by atoms with Gasteiger partial charge in [0, 0.05) is 6.04 Å². The molecule has 0 aliphatic rings. The molecule has 0 aromatic carbocycles. The van der Waals surface area contributed by atoms with Gasteiger partial charge in [-0.15, -0.1) is 0 Å². The van der Waals surface area contributed by atoms with Gasteiger partial charge in [0.05, 0.1) is 6.04 Å². The van der Waals surface area contributed by atoms with Crippen molar-refractivity contribution in [3.8, 4) is 0 Å². The first-order chi connectivity index (χ1) is 5.17. The summed E-state index contributed by atoms with van der Waals surface area (Å²) in [5.74, 6) is 0. The molecule has 0 spiro atoms. The van der Waals surface area contributed by atoms with Crippen LogP contribution in [0.15, 0.2) is 0 Å². The highest BCUT2D eigenvalue weighted by molar-refractivity contribution is 5.58. The summed E-state index contributed by atoms with van der Waals surface area (Å²) in [6.45, 7) is 10.9. The Morgan fingerprint density at radius 2 is 2.09 bits per heavy atom. The lowest BCUT2D eigenvalue weighted by Gasteiger charge is -2.29. The van der Waals surface area contributed by atoms with Crippen LogP contribution in [0.1, 0.15) is 27.2 Å². The van der Waals surface area contributed by atoms with Crippen LogP contribution in [-0.2, 0) is 4.79 Å². The average Bonchev–Trinajstić information content (AvgIpc) is 2.05. The standard InChI is InChI=1S/C9H18NO/c1-5-8(3)10(6-2)9(4)7-11/h7-9H,4-6H2,1-3H3. The molecular weight excluding hydrogens is 138 g/mol. The van der Waals surface area contributed by atoms with E-state index >= 15 is 0 Å². The summed E-state index contributed by atoms with van der Waals surface area (Å²) in [6, 6.07) is 0.266. The molecule has 2 heteroatoms. The first-order valence-electron chi connectivity index (χ1n) is 4.21. The molecule has 2 unspecified atom stereocenters. The van der Waals surface area contributed by atoms with Gasteiger partial charge < -0.3 is 4.79 Å². The molecule has 0 aliphatic heterocycles. The van der Waals surface area contributed by atoms with E-state index in [1.807, 2.05) is 6.92 Å². The number of carbonyl (C=O) groups excluding carboxylic acids is 1. The normalized spacial score (nSPS) is 16.5. The van der Waals surface area contributed by atoms with Gasteiger partial charge in [-0.05, 0) is 26.8 Å². The number of likely N-dealkylation sites (N-methyl/N-ethyl adjacent to an activating group) is 1. The lowest BCUT2D eigenvalue weighted by molar-refractivity contribution is -0.111. The fraction of sp³-hybridized carbons (Fsp3) is 0.778.